The summed E-state index contributed by atoms with van der Waals surface area (Å²) in [5.41, 5.74) is 0. The molecule has 4 atom stereocenters. The van der Waals surface area contributed by atoms with Gasteiger partial charge in [-0.3, -0.25) is 9.00 Å². The average Bonchev–Trinajstić information content (AvgIpc) is 2.65. The molecule has 7 nitrogen and oxygen atoms in total. The van der Waals surface area contributed by atoms with E-state index in [4.69, 9.17) is 25.2 Å². The molecule has 1 amide bonds. The zero-order valence-corrected chi connectivity index (χ0v) is 17.7. The summed E-state index contributed by atoms with van der Waals surface area (Å²) < 4.78 is 26.2. The normalized spacial score (nSPS) is 35.2. The SMILES string of the molecule is CCOP(OCC)OC(=O)[C@@H]1N2C(=O)[C@@](Cl)(I)[C@H]2S(=O)C1(C)C. The van der Waals surface area contributed by atoms with E-state index in [1.54, 1.807) is 50.3 Å². The Hall–Kier alpha value is 0.460. The second-order valence-electron chi connectivity index (χ2n) is 5.46. The monoisotopic (exact) mass is 497 g/mol. The number of fused-ring (bicyclic) bond motifs is 1. The second kappa shape index (κ2) is 6.99. The van der Waals surface area contributed by atoms with Crippen molar-refractivity contribution in [3.8, 4) is 0 Å². The van der Waals surface area contributed by atoms with E-state index in [-0.39, 0.29) is 0 Å². The van der Waals surface area contributed by atoms with Gasteiger partial charge in [0.1, 0.15) is 11.4 Å². The molecule has 23 heavy (non-hydrogen) atoms. The Morgan fingerprint density at radius 3 is 2.39 bits per heavy atom. The molecular weight excluding hydrogens is 480 g/mol. The molecule has 2 saturated heterocycles. The summed E-state index contributed by atoms with van der Waals surface area (Å²) in [5.74, 6) is -1.11. The van der Waals surface area contributed by atoms with Gasteiger partial charge < -0.3 is 18.5 Å². The number of alkyl halides is 2. The molecule has 2 aliphatic rings. The molecule has 2 fully saturated rings. The Labute approximate surface area is 157 Å². The maximum atomic E-state index is 12.7. The highest BCUT2D eigenvalue weighted by molar-refractivity contribution is 14.1. The van der Waals surface area contributed by atoms with Gasteiger partial charge in [-0.05, 0) is 50.3 Å². The van der Waals surface area contributed by atoms with Gasteiger partial charge >= 0.3 is 14.6 Å². The van der Waals surface area contributed by atoms with Gasteiger partial charge in [-0.1, -0.05) is 11.6 Å². The third-order valence-corrected chi connectivity index (χ3v) is 9.08. The van der Waals surface area contributed by atoms with Crippen LogP contribution in [0.15, 0.2) is 0 Å². The Morgan fingerprint density at radius 1 is 1.39 bits per heavy atom. The zero-order valence-electron chi connectivity index (χ0n) is 13.1. The van der Waals surface area contributed by atoms with Crippen molar-refractivity contribution in [3.63, 3.8) is 0 Å². The number of halogens is 2. The first-order valence-electron chi connectivity index (χ1n) is 6.99. The maximum absolute atomic E-state index is 12.7. The van der Waals surface area contributed by atoms with Crippen molar-refractivity contribution in [2.45, 2.75) is 46.7 Å². The molecule has 11 heteroatoms. The zero-order chi connectivity index (χ0) is 17.6. The first kappa shape index (κ1) is 19.8. The van der Waals surface area contributed by atoms with Crippen LogP contribution in [0.2, 0.25) is 0 Å². The minimum atomic E-state index is -1.84. The standard InChI is InChI=1S/C12H18ClINO6PS/c1-5-19-22(20-6-2)21-8(16)7-11(3,4)23(18)10-12(13,14)9(17)15(7)10/h7,10H,5-6H2,1-4H3/t7-,10+,12+,23?/m0/s1. The van der Waals surface area contributed by atoms with Crippen LogP contribution in [0.25, 0.3) is 0 Å². The average molecular weight is 498 g/mol. The lowest BCUT2D eigenvalue weighted by molar-refractivity contribution is -0.156. The van der Waals surface area contributed by atoms with Gasteiger partial charge in [-0.25, -0.2) is 4.79 Å². The van der Waals surface area contributed by atoms with Gasteiger partial charge in [0.05, 0.1) is 28.8 Å². The number of carbonyl (C=O) groups is 2. The molecule has 0 aliphatic carbocycles. The predicted molar refractivity (Wildman–Crippen MR) is 95.5 cm³/mol. The molecule has 2 aliphatic heterocycles. The maximum Gasteiger partial charge on any atom is 0.399 e. The number of hydrogen-bond donors (Lipinski definition) is 0. The summed E-state index contributed by atoms with van der Waals surface area (Å²) in [6.45, 7) is 7.47. The van der Waals surface area contributed by atoms with Crippen LogP contribution in [0.5, 0.6) is 0 Å². The summed E-state index contributed by atoms with van der Waals surface area (Å²) in [4.78, 5) is 26.1. The number of hydrogen-bond acceptors (Lipinski definition) is 6. The molecular formula is C12H18ClINO6PS. The third-order valence-electron chi connectivity index (χ3n) is 3.60. The molecule has 0 bridgehead atoms. The van der Waals surface area contributed by atoms with E-state index in [1.165, 1.54) is 4.90 Å². The lowest BCUT2D eigenvalue weighted by Gasteiger charge is -2.45. The van der Waals surface area contributed by atoms with Crippen molar-refractivity contribution >= 4 is 65.5 Å². The van der Waals surface area contributed by atoms with Crippen LogP contribution in [0.4, 0.5) is 0 Å². The first-order valence-corrected chi connectivity index (χ1v) is 10.8. The van der Waals surface area contributed by atoms with Crippen LogP contribution in [-0.2, 0) is 34.0 Å². The molecule has 0 aromatic rings. The summed E-state index contributed by atoms with van der Waals surface area (Å²) in [6, 6.07) is -0.978. The highest BCUT2D eigenvalue weighted by Gasteiger charge is 2.74. The number of nitrogens with zero attached hydrogens (tertiary/aromatic N) is 1. The summed E-state index contributed by atoms with van der Waals surface area (Å²) >= 11 is 7.93. The highest BCUT2D eigenvalue weighted by Crippen LogP contribution is 2.55. The van der Waals surface area contributed by atoms with Gasteiger partial charge in [-0.2, -0.15) is 0 Å². The highest BCUT2D eigenvalue weighted by atomic mass is 127. The molecule has 1 unspecified atom stereocenters. The van der Waals surface area contributed by atoms with E-state index in [0.29, 0.717) is 13.2 Å². The topological polar surface area (TPSA) is 82.1 Å². The minimum absolute atomic E-state index is 0.322. The molecule has 0 saturated carbocycles. The number of rotatable bonds is 6. The predicted octanol–water partition coefficient (Wildman–Crippen LogP) is 2.28. The lowest BCUT2D eigenvalue weighted by Crippen LogP contribution is -2.69. The number of carbonyl (C=O) groups excluding carboxylic acids is 2. The largest absolute Gasteiger partial charge is 0.399 e. The summed E-state index contributed by atoms with van der Waals surface area (Å²) in [6.07, 6.45) is 0. The van der Waals surface area contributed by atoms with Crippen LogP contribution in [-0.4, -0.2) is 53.2 Å². The van der Waals surface area contributed by atoms with E-state index in [1.807, 2.05) is 0 Å². The van der Waals surface area contributed by atoms with Crippen LogP contribution < -0.4 is 0 Å². The van der Waals surface area contributed by atoms with Crippen molar-refractivity contribution in [1.29, 1.82) is 0 Å². The van der Waals surface area contributed by atoms with Crippen LogP contribution in [0.3, 0.4) is 0 Å². The van der Waals surface area contributed by atoms with Crippen molar-refractivity contribution in [2.75, 3.05) is 13.2 Å². The third kappa shape index (κ3) is 3.17. The fourth-order valence-corrected chi connectivity index (χ4v) is 6.90. The lowest BCUT2D eigenvalue weighted by atomic mass is 9.98. The molecule has 0 radical (unpaired) electrons. The van der Waals surface area contributed by atoms with Crippen molar-refractivity contribution in [1.82, 2.24) is 4.90 Å². The van der Waals surface area contributed by atoms with Crippen LogP contribution >= 0.6 is 42.8 Å². The molecule has 0 aromatic carbocycles. The van der Waals surface area contributed by atoms with Crippen molar-refractivity contribution < 1.29 is 27.4 Å². The van der Waals surface area contributed by atoms with E-state index in [2.05, 4.69) is 0 Å². The van der Waals surface area contributed by atoms with E-state index in [9.17, 15) is 13.8 Å². The van der Waals surface area contributed by atoms with Gasteiger partial charge in [0.2, 0.25) is 2.88 Å². The Kier molecular flexibility index (Phi) is 6.01. The Morgan fingerprint density at radius 2 is 1.91 bits per heavy atom. The van der Waals surface area contributed by atoms with Crippen molar-refractivity contribution in [2.24, 2.45) is 0 Å². The van der Waals surface area contributed by atoms with E-state index in [0.717, 1.165) is 0 Å². The molecule has 2 heterocycles. The number of amides is 1. The first-order chi connectivity index (χ1) is 10.6. The van der Waals surface area contributed by atoms with Crippen LogP contribution in [0, 0.1) is 0 Å². The summed E-state index contributed by atoms with van der Waals surface area (Å²) in [7, 11) is -3.33. The smallest absolute Gasteiger partial charge is 0.393 e. The molecule has 0 N–H and O–H groups in total. The van der Waals surface area contributed by atoms with E-state index < -0.39 is 50.3 Å². The summed E-state index contributed by atoms with van der Waals surface area (Å²) in [5, 5.41) is -0.713. The van der Waals surface area contributed by atoms with Crippen molar-refractivity contribution in [3.05, 3.63) is 0 Å². The van der Waals surface area contributed by atoms with Gasteiger partial charge in [0.15, 0.2) is 0 Å². The molecule has 132 valence electrons. The Balaban J connectivity index is 2.22. The van der Waals surface area contributed by atoms with Gasteiger partial charge in [-0.15, -0.1) is 0 Å². The minimum Gasteiger partial charge on any atom is -0.393 e. The number of β-lactam (4-membered cyclic amide) rings is 1. The molecule has 2 rings (SSSR count). The molecule has 0 aromatic heterocycles. The van der Waals surface area contributed by atoms with Gasteiger partial charge in [0.25, 0.3) is 5.91 Å². The quantitative estimate of drug-likeness (QED) is 0.242. The fourth-order valence-electron chi connectivity index (χ4n) is 2.54. The molecule has 0 spiro atoms. The Bertz CT molecular complexity index is 542. The van der Waals surface area contributed by atoms with E-state index >= 15 is 0 Å². The second-order valence-corrected chi connectivity index (χ2v) is 11.6. The van der Waals surface area contributed by atoms with Crippen LogP contribution in [0.1, 0.15) is 27.7 Å². The fraction of sp³-hybridized carbons (Fsp3) is 0.833. The van der Waals surface area contributed by atoms with Gasteiger partial charge in [0, 0.05) is 0 Å².